The van der Waals surface area contributed by atoms with Crippen molar-refractivity contribution in [1.82, 2.24) is 10.2 Å². The van der Waals surface area contributed by atoms with Crippen molar-refractivity contribution >= 4 is 5.91 Å². The van der Waals surface area contributed by atoms with Gasteiger partial charge in [0.2, 0.25) is 5.91 Å². The molecule has 0 aromatic carbocycles. The van der Waals surface area contributed by atoms with E-state index in [-0.39, 0.29) is 11.9 Å². The molecule has 118 valence electrons. The third kappa shape index (κ3) is 4.58. The summed E-state index contributed by atoms with van der Waals surface area (Å²) in [5, 5.41) is 2.97. The van der Waals surface area contributed by atoms with Gasteiger partial charge in [0.15, 0.2) is 0 Å². The van der Waals surface area contributed by atoms with Crippen LogP contribution in [-0.2, 0) is 16.0 Å². The van der Waals surface area contributed by atoms with E-state index in [1.165, 1.54) is 0 Å². The Kier molecular flexibility index (Phi) is 5.82. The Bertz CT molecular complexity index is 456. The zero-order chi connectivity index (χ0) is 15.2. The summed E-state index contributed by atoms with van der Waals surface area (Å²) in [5.41, 5.74) is 0. The minimum atomic E-state index is 0.0313. The van der Waals surface area contributed by atoms with E-state index < -0.39 is 0 Å². The third-order valence-electron chi connectivity index (χ3n) is 3.65. The van der Waals surface area contributed by atoms with Crippen molar-refractivity contribution in [1.29, 1.82) is 0 Å². The van der Waals surface area contributed by atoms with E-state index in [9.17, 15) is 4.79 Å². The van der Waals surface area contributed by atoms with Crippen LogP contribution in [0.1, 0.15) is 38.3 Å². The van der Waals surface area contributed by atoms with E-state index >= 15 is 0 Å². The number of nitrogens with zero attached hydrogens (tertiary/aromatic N) is 1. The Morgan fingerprint density at radius 1 is 1.48 bits per heavy atom. The molecule has 1 fully saturated rings. The number of carbonyl (C=O) groups excluding carboxylic acids is 1. The van der Waals surface area contributed by atoms with Crippen LogP contribution in [0.3, 0.4) is 0 Å². The van der Waals surface area contributed by atoms with Crippen LogP contribution >= 0.6 is 0 Å². The number of furan rings is 1. The van der Waals surface area contributed by atoms with Crippen LogP contribution in [0.15, 0.2) is 16.5 Å². The van der Waals surface area contributed by atoms with Crippen molar-refractivity contribution < 1.29 is 13.9 Å². The summed E-state index contributed by atoms with van der Waals surface area (Å²) in [5.74, 6) is 2.40. The van der Waals surface area contributed by atoms with Crippen LogP contribution in [0.2, 0.25) is 0 Å². The van der Waals surface area contributed by atoms with Gasteiger partial charge in [0.1, 0.15) is 11.5 Å². The van der Waals surface area contributed by atoms with Gasteiger partial charge in [-0.2, -0.15) is 0 Å². The summed E-state index contributed by atoms with van der Waals surface area (Å²) >= 11 is 0. The summed E-state index contributed by atoms with van der Waals surface area (Å²) < 4.78 is 11.4. The first-order valence-corrected chi connectivity index (χ1v) is 7.77. The maximum absolute atomic E-state index is 12.0. The SMILES string of the molecule is CCc1ccc(C2COCCN2CC(=O)NCC(C)C)o1. The molecule has 0 bridgehead atoms. The minimum Gasteiger partial charge on any atom is -0.464 e. The van der Waals surface area contributed by atoms with Crippen LogP contribution in [-0.4, -0.2) is 43.7 Å². The maximum atomic E-state index is 12.0. The molecular weight excluding hydrogens is 268 g/mol. The Morgan fingerprint density at radius 3 is 2.95 bits per heavy atom. The van der Waals surface area contributed by atoms with E-state index in [2.05, 4.69) is 31.0 Å². The van der Waals surface area contributed by atoms with Gasteiger partial charge < -0.3 is 14.5 Å². The molecule has 5 heteroatoms. The second kappa shape index (κ2) is 7.61. The lowest BCUT2D eigenvalue weighted by Crippen LogP contribution is -2.45. The van der Waals surface area contributed by atoms with E-state index in [1.54, 1.807) is 0 Å². The summed E-state index contributed by atoms with van der Waals surface area (Å²) in [7, 11) is 0. The quantitative estimate of drug-likeness (QED) is 0.872. The number of morpholine rings is 1. The second-order valence-electron chi connectivity index (χ2n) is 5.92. The average molecular weight is 294 g/mol. The molecule has 0 saturated carbocycles. The van der Waals surface area contributed by atoms with E-state index in [0.717, 1.165) is 24.5 Å². The van der Waals surface area contributed by atoms with E-state index in [1.807, 2.05) is 12.1 Å². The number of aryl methyl sites for hydroxylation is 1. The predicted molar refractivity (Wildman–Crippen MR) is 81.1 cm³/mol. The van der Waals surface area contributed by atoms with E-state index in [4.69, 9.17) is 9.15 Å². The fourth-order valence-corrected chi connectivity index (χ4v) is 2.41. The molecule has 0 aliphatic carbocycles. The molecule has 1 atom stereocenters. The van der Waals surface area contributed by atoms with Crippen molar-refractivity contribution in [2.24, 2.45) is 5.92 Å². The first-order chi connectivity index (χ1) is 10.1. The molecule has 2 heterocycles. The van der Waals surface area contributed by atoms with Gasteiger partial charge in [-0.25, -0.2) is 0 Å². The zero-order valence-corrected chi connectivity index (χ0v) is 13.2. The fourth-order valence-electron chi connectivity index (χ4n) is 2.41. The van der Waals surface area contributed by atoms with Crippen molar-refractivity contribution in [3.8, 4) is 0 Å². The highest BCUT2D eigenvalue weighted by Crippen LogP contribution is 2.25. The van der Waals surface area contributed by atoms with Gasteiger partial charge >= 0.3 is 0 Å². The molecular formula is C16H26N2O3. The molecule has 1 aromatic rings. The molecule has 2 rings (SSSR count). The van der Waals surface area contributed by atoms with Crippen molar-refractivity contribution in [3.63, 3.8) is 0 Å². The van der Waals surface area contributed by atoms with Crippen LogP contribution in [0.4, 0.5) is 0 Å². The molecule has 1 saturated heterocycles. The molecule has 1 aromatic heterocycles. The van der Waals surface area contributed by atoms with E-state index in [0.29, 0.717) is 32.2 Å². The maximum Gasteiger partial charge on any atom is 0.234 e. The molecule has 1 aliphatic rings. The monoisotopic (exact) mass is 294 g/mol. The molecule has 1 amide bonds. The van der Waals surface area contributed by atoms with Crippen molar-refractivity contribution in [3.05, 3.63) is 23.7 Å². The first-order valence-electron chi connectivity index (χ1n) is 7.77. The third-order valence-corrected chi connectivity index (χ3v) is 3.65. The lowest BCUT2D eigenvalue weighted by atomic mass is 10.1. The minimum absolute atomic E-state index is 0.0313. The highest BCUT2D eigenvalue weighted by molar-refractivity contribution is 5.78. The topological polar surface area (TPSA) is 54.7 Å². The second-order valence-corrected chi connectivity index (χ2v) is 5.92. The normalized spacial score (nSPS) is 19.9. The standard InChI is InChI=1S/C16H26N2O3/c1-4-13-5-6-15(21-13)14-11-20-8-7-18(14)10-16(19)17-9-12(2)3/h5-6,12,14H,4,7-11H2,1-3H3,(H,17,19). The number of nitrogens with one attached hydrogen (secondary N) is 1. The largest absolute Gasteiger partial charge is 0.464 e. The summed E-state index contributed by atoms with van der Waals surface area (Å²) in [4.78, 5) is 14.2. The Morgan fingerprint density at radius 2 is 2.29 bits per heavy atom. The summed E-state index contributed by atoms with van der Waals surface area (Å²) in [6.07, 6.45) is 0.877. The number of ether oxygens (including phenoxy) is 1. The number of hydrogen-bond donors (Lipinski definition) is 1. The zero-order valence-electron chi connectivity index (χ0n) is 13.2. The lowest BCUT2D eigenvalue weighted by Gasteiger charge is -2.33. The average Bonchev–Trinajstić information content (AvgIpc) is 2.94. The Balaban J connectivity index is 1.96. The van der Waals surface area contributed by atoms with Crippen molar-refractivity contribution in [2.45, 2.75) is 33.2 Å². The van der Waals surface area contributed by atoms with Crippen molar-refractivity contribution in [2.75, 3.05) is 32.8 Å². The van der Waals surface area contributed by atoms with Crippen LogP contribution < -0.4 is 5.32 Å². The molecule has 0 spiro atoms. The molecule has 0 radical (unpaired) electrons. The molecule has 1 N–H and O–H groups in total. The van der Waals surface area contributed by atoms with Gasteiger partial charge in [0.25, 0.3) is 0 Å². The molecule has 21 heavy (non-hydrogen) atoms. The predicted octanol–water partition coefficient (Wildman–Crippen LogP) is 1.99. The number of hydrogen-bond acceptors (Lipinski definition) is 4. The Hall–Kier alpha value is -1.33. The van der Waals surface area contributed by atoms with Gasteiger partial charge in [-0.15, -0.1) is 0 Å². The fraction of sp³-hybridized carbons (Fsp3) is 0.688. The summed E-state index contributed by atoms with van der Waals surface area (Å²) in [6.45, 7) is 9.35. The smallest absolute Gasteiger partial charge is 0.234 e. The van der Waals surface area contributed by atoms with Crippen LogP contribution in [0.5, 0.6) is 0 Å². The molecule has 1 aliphatic heterocycles. The van der Waals surface area contributed by atoms with Crippen LogP contribution in [0, 0.1) is 5.92 Å². The van der Waals surface area contributed by atoms with Crippen LogP contribution in [0.25, 0.3) is 0 Å². The number of carbonyl (C=O) groups is 1. The highest BCUT2D eigenvalue weighted by atomic mass is 16.5. The molecule has 1 unspecified atom stereocenters. The van der Waals surface area contributed by atoms with Gasteiger partial charge in [-0.05, 0) is 18.1 Å². The molecule has 5 nitrogen and oxygen atoms in total. The number of rotatable bonds is 6. The van der Waals surface area contributed by atoms with Gasteiger partial charge in [0, 0.05) is 19.5 Å². The first kappa shape index (κ1) is 16.0. The lowest BCUT2D eigenvalue weighted by molar-refractivity contribution is -0.125. The van der Waals surface area contributed by atoms with Gasteiger partial charge in [-0.1, -0.05) is 20.8 Å². The summed E-state index contributed by atoms with van der Waals surface area (Å²) in [6, 6.07) is 4.03. The Labute approximate surface area is 126 Å². The van der Waals surface area contributed by atoms with Gasteiger partial charge in [0.05, 0.1) is 25.8 Å². The highest BCUT2D eigenvalue weighted by Gasteiger charge is 2.28. The number of amides is 1. The van der Waals surface area contributed by atoms with Gasteiger partial charge in [-0.3, -0.25) is 9.69 Å².